The van der Waals surface area contributed by atoms with E-state index in [0.29, 0.717) is 47.7 Å². The van der Waals surface area contributed by atoms with Crippen LogP contribution in [-0.2, 0) is 51.7 Å². The van der Waals surface area contributed by atoms with Gasteiger partial charge < -0.3 is 41.9 Å². The molecule has 14 nitrogen and oxygen atoms in total. The van der Waals surface area contributed by atoms with E-state index < -0.39 is 32.6 Å². The molecule has 1 aliphatic rings. The van der Waals surface area contributed by atoms with Gasteiger partial charge in [-0.2, -0.15) is 0 Å². The quantitative estimate of drug-likeness (QED) is 0.0108. The Hall–Kier alpha value is -4.45. The van der Waals surface area contributed by atoms with Crippen LogP contribution >= 0.6 is 7.82 Å². The highest BCUT2D eigenvalue weighted by Crippen LogP contribution is 2.39. The fourth-order valence-electron chi connectivity index (χ4n) is 14.3. The Kier molecular flexibility index (Phi) is 76.3. The van der Waals surface area contributed by atoms with E-state index in [9.17, 15) is 28.6 Å². The molecule has 3 atom stereocenters. The Morgan fingerprint density at radius 1 is 0.513 bits per heavy atom. The molecule has 0 aromatic carbocycles. The van der Waals surface area contributed by atoms with Crippen molar-refractivity contribution in [3.05, 3.63) is 46.6 Å². The van der Waals surface area contributed by atoms with E-state index in [1.54, 1.807) is 0 Å². The summed E-state index contributed by atoms with van der Waals surface area (Å²) < 4.78 is 46.4. The highest BCUT2D eigenvalue weighted by Gasteiger charge is 2.25. The van der Waals surface area contributed by atoms with Gasteiger partial charge in [-0.25, -0.2) is 0 Å². The van der Waals surface area contributed by atoms with Gasteiger partial charge in [0.15, 0.2) is 6.10 Å². The van der Waals surface area contributed by atoms with Crippen LogP contribution in [0.25, 0.3) is 0 Å². The van der Waals surface area contributed by atoms with E-state index in [1.165, 1.54) is 229 Å². The highest BCUT2D eigenvalue weighted by atomic mass is 31.2. The second kappa shape index (κ2) is 79.3. The summed E-state index contributed by atoms with van der Waals surface area (Å²) in [6, 6.07) is 0. The first-order valence-corrected chi connectivity index (χ1v) is 49.1. The number of phosphoric ester groups is 1. The van der Waals surface area contributed by atoms with Crippen LogP contribution in [-0.4, -0.2) is 127 Å². The average Bonchev–Trinajstić information content (AvgIpc) is 0.896. The summed E-state index contributed by atoms with van der Waals surface area (Å²) in [6.45, 7) is 11.8. The number of allylic oxidation sites excluding steroid dienone is 8. The van der Waals surface area contributed by atoms with E-state index in [1.807, 2.05) is 28.1 Å². The number of hydrogen-bond donors (Lipinski definition) is 0. The number of hydrogen-bond acceptors (Lipinski definition) is 12. The SMILES string of the molecule is C#C/C(CCCCCCCCCC)=C1/C#C/C(CCCCCCCCCC)=C(/C#CC)CCCCCCCCC(=O)OCCC(COP(=O)([O-])OCC[N+](C)(C)C)OC(=O)CCCCCCCC1.CCCCCCCC/C=C/CCCCCCCC(=O)OCC(C[N+](C)(C)C)OC(=O)CCCCCCC/C=C/CCCCCCCC. The zero-order valence-electron chi connectivity index (χ0n) is 76.6. The number of esters is 4. The summed E-state index contributed by atoms with van der Waals surface area (Å²) in [5.74, 6) is 16.1. The maximum Gasteiger partial charge on any atom is 0.306 e. The molecule has 15 heteroatoms. The van der Waals surface area contributed by atoms with Crippen molar-refractivity contribution in [3.8, 4) is 36.0 Å². The molecule has 664 valence electrons. The van der Waals surface area contributed by atoms with Crippen molar-refractivity contribution < 1.29 is 65.6 Å². The third kappa shape index (κ3) is 77.9. The van der Waals surface area contributed by atoms with E-state index in [2.05, 4.69) is 103 Å². The molecule has 0 fully saturated rings. The second-order valence-electron chi connectivity index (χ2n) is 35.0. The lowest BCUT2D eigenvalue weighted by Crippen LogP contribution is -2.45. The number of ether oxygens (including phenoxy) is 4. The minimum atomic E-state index is -4.63. The Bertz CT molecular complexity index is 2730. The zero-order chi connectivity index (χ0) is 84.7. The van der Waals surface area contributed by atoms with E-state index in [4.69, 9.17) is 34.4 Å². The minimum absolute atomic E-state index is 0.00743. The lowest BCUT2D eigenvalue weighted by atomic mass is 9.94. The van der Waals surface area contributed by atoms with Gasteiger partial charge in [-0.3, -0.25) is 23.7 Å². The van der Waals surface area contributed by atoms with Gasteiger partial charge in [-0.15, -0.1) is 12.3 Å². The standard InChI is InChI=1S/C58H98NO8P.C42H80NO4/c1-8-12-14-16-18-20-26-32-39-52(11-4)54-41-34-29-23-25-31-37-44-58(61)67-56(51-66-68(62,63)65-50-48-59(5,6)7)47-49-64-57(60)43-36-30-24-22-28-33-40-53(38-10-3)55(46-45-54)42-35-27-21-19-17-15-13-9-2;1-6-8-10-12-14-16-18-20-22-24-26-28-30-32-34-36-41(44)46-39-40(38-43(3,4)5)47-42(45)37-35-33-31-29-27-25-23-21-19-17-15-13-11-9-7-2/h4,56H,8-9,12-37,39-44,47-51H2,1-3,5-7H3;20-23,40H,6-19,24-39H2,1-5H3/q;+1/b54-52-,55-53-;22-20+,23-21+. The average molecular weight is 1630 g/mol. The molecule has 1 heterocycles. The van der Waals surface area contributed by atoms with Gasteiger partial charge >= 0.3 is 23.9 Å². The molecule has 0 radical (unpaired) electrons. The fourth-order valence-corrected chi connectivity index (χ4v) is 15.0. The number of carbonyl (C=O) groups excluding carboxylic acids is 4. The van der Waals surface area contributed by atoms with Crippen molar-refractivity contribution in [2.45, 2.75) is 451 Å². The number of nitrogens with zero attached hydrogens (tertiary/aromatic N) is 2. The van der Waals surface area contributed by atoms with Crippen LogP contribution in [0.15, 0.2) is 46.6 Å². The normalized spacial score (nSPS) is 17.1. The monoisotopic (exact) mass is 1630 g/mol. The van der Waals surface area contributed by atoms with E-state index >= 15 is 0 Å². The van der Waals surface area contributed by atoms with E-state index in [0.717, 1.165) is 159 Å². The molecule has 0 saturated heterocycles. The smallest absolute Gasteiger partial charge is 0.306 e. The zero-order valence-corrected chi connectivity index (χ0v) is 77.5. The largest absolute Gasteiger partial charge is 0.756 e. The summed E-state index contributed by atoms with van der Waals surface area (Å²) in [7, 11) is 7.37. The van der Waals surface area contributed by atoms with Gasteiger partial charge in [0.1, 0.15) is 32.4 Å². The number of phosphoric acid groups is 1. The maximum atomic E-state index is 13.0. The van der Waals surface area contributed by atoms with Crippen LogP contribution in [0, 0.1) is 36.0 Å². The molecule has 1 aliphatic heterocycles. The molecule has 0 amide bonds. The number of carbonyl (C=O) groups is 4. The van der Waals surface area contributed by atoms with Gasteiger partial charge in [0, 0.05) is 54.4 Å². The molecule has 0 aromatic rings. The first-order valence-electron chi connectivity index (χ1n) is 47.7. The number of rotatable bonds is 60. The number of likely N-dealkylation sites (N-methyl/N-ethyl adjacent to an activating group) is 2. The Morgan fingerprint density at radius 2 is 0.922 bits per heavy atom. The first kappa shape index (κ1) is 111. The fraction of sp³-hybridized carbons (Fsp3) is 0.820. The summed E-state index contributed by atoms with van der Waals surface area (Å²) in [5.41, 5.74) is 4.57. The number of unbranched alkanes of at least 4 members (excludes halogenated alkanes) is 36. The van der Waals surface area contributed by atoms with Crippen LogP contribution in [0.5, 0.6) is 0 Å². The molecule has 0 aromatic heterocycles. The first-order chi connectivity index (χ1) is 55.6. The number of cyclic esters (lactones) is 2. The van der Waals surface area contributed by atoms with Crippen LogP contribution in [0.4, 0.5) is 0 Å². The van der Waals surface area contributed by atoms with Crippen molar-refractivity contribution in [1.29, 1.82) is 0 Å². The lowest BCUT2D eigenvalue weighted by Gasteiger charge is -2.28. The predicted octanol–water partition coefficient (Wildman–Crippen LogP) is 26.8. The Balaban J connectivity index is 0.00000242. The molecular formula is C100H178N2O12P+. The Labute approximate surface area is 709 Å². The molecule has 0 N–H and O–H groups in total. The Morgan fingerprint density at radius 3 is 1.37 bits per heavy atom. The molecule has 0 aliphatic carbocycles. The second-order valence-corrected chi connectivity index (χ2v) is 36.4. The van der Waals surface area contributed by atoms with Crippen LogP contribution in [0.1, 0.15) is 439 Å². The highest BCUT2D eigenvalue weighted by molar-refractivity contribution is 7.45. The molecule has 0 saturated carbocycles. The van der Waals surface area contributed by atoms with Crippen molar-refractivity contribution in [2.75, 3.05) is 81.8 Å². The van der Waals surface area contributed by atoms with Crippen molar-refractivity contribution in [1.82, 2.24) is 0 Å². The predicted molar refractivity (Wildman–Crippen MR) is 483 cm³/mol. The minimum Gasteiger partial charge on any atom is -0.756 e. The van der Waals surface area contributed by atoms with Crippen LogP contribution in [0.2, 0.25) is 0 Å². The molecule has 0 spiro atoms. The van der Waals surface area contributed by atoms with Gasteiger partial charge in [-0.1, -0.05) is 320 Å². The third-order valence-electron chi connectivity index (χ3n) is 21.4. The van der Waals surface area contributed by atoms with Gasteiger partial charge in [0.2, 0.25) is 0 Å². The topological polar surface area (TPSA) is 164 Å². The summed E-state index contributed by atoms with van der Waals surface area (Å²) >= 11 is 0. The molecule has 1 rings (SSSR count). The molecule has 115 heavy (non-hydrogen) atoms. The maximum absolute atomic E-state index is 13.0. The van der Waals surface area contributed by atoms with Crippen LogP contribution < -0.4 is 4.89 Å². The third-order valence-corrected chi connectivity index (χ3v) is 22.4. The van der Waals surface area contributed by atoms with Crippen molar-refractivity contribution in [3.63, 3.8) is 0 Å². The summed E-state index contributed by atoms with van der Waals surface area (Å²) in [5, 5.41) is 0. The van der Waals surface area contributed by atoms with Crippen molar-refractivity contribution >= 4 is 31.7 Å². The van der Waals surface area contributed by atoms with E-state index in [-0.39, 0.29) is 50.6 Å². The number of quaternary nitrogens is 2. The van der Waals surface area contributed by atoms with Crippen molar-refractivity contribution in [2.24, 2.45) is 0 Å². The van der Waals surface area contributed by atoms with Gasteiger partial charge in [-0.05, 0) is 135 Å². The molecule has 3 unspecified atom stereocenters. The summed E-state index contributed by atoms with van der Waals surface area (Å²) in [4.78, 5) is 63.1. The van der Waals surface area contributed by atoms with Gasteiger partial charge in [0.05, 0.1) is 55.5 Å². The van der Waals surface area contributed by atoms with Crippen LogP contribution in [0.3, 0.4) is 0 Å². The molecule has 0 bridgehead atoms. The lowest BCUT2D eigenvalue weighted by molar-refractivity contribution is -0.873. The van der Waals surface area contributed by atoms with Gasteiger partial charge in [0.25, 0.3) is 7.82 Å². The summed E-state index contributed by atoms with van der Waals surface area (Å²) in [6.07, 6.45) is 83.5. The number of terminal acetylenes is 1. The molecular weight excluding hydrogens is 1450 g/mol.